The standard InChI is InChI=1S/C10H15NO2S/c1-8(6-13-2)3-9(12)4-10-5-11-7-14-10/h5,7-8H,3-4,6H2,1-2H3. The minimum absolute atomic E-state index is 0.263. The van der Waals surface area contributed by atoms with Gasteiger partial charge < -0.3 is 4.74 Å². The van der Waals surface area contributed by atoms with Crippen LogP contribution in [0.3, 0.4) is 0 Å². The molecule has 1 atom stereocenters. The Kier molecular flexibility index (Phi) is 4.76. The summed E-state index contributed by atoms with van der Waals surface area (Å²) in [6.07, 6.45) is 2.86. The van der Waals surface area contributed by atoms with Crippen LogP contribution >= 0.6 is 11.3 Å². The molecule has 0 fully saturated rings. The lowest BCUT2D eigenvalue weighted by molar-refractivity contribution is -0.119. The van der Waals surface area contributed by atoms with Crippen LogP contribution in [0.15, 0.2) is 11.7 Å². The normalized spacial score (nSPS) is 12.7. The summed E-state index contributed by atoms with van der Waals surface area (Å²) < 4.78 is 4.98. The highest BCUT2D eigenvalue weighted by Crippen LogP contribution is 2.10. The number of thiazole rings is 1. The zero-order valence-electron chi connectivity index (χ0n) is 8.53. The molecule has 0 saturated carbocycles. The van der Waals surface area contributed by atoms with Crippen molar-refractivity contribution in [2.24, 2.45) is 5.92 Å². The summed E-state index contributed by atoms with van der Waals surface area (Å²) in [5.41, 5.74) is 1.75. The van der Waals surface area contributed by atoms with E-state index in [0.717, 1.165) is 4.88 Å². The van der Waals surface area contributed by atoms with Gasteiger partial charge in [0.2, 0.25) is 0 Å². The highest BCUT2D eigenvalue weighted by Gasteiger charge is 2.10. The highest BCUT2D eigenvalue weighted by atomic mass is 32.1. The van der Waals surface area contributed by atoms with Crippen molar-refractivity contribution in [1.82, 2.24) is 4.98 Å². The van der Waals surface area contributed by atoms with E-state index in [-0.39, 0.29) is 5.78 Å². The molecule has 0 aliphatic heterocycles. The van der Waals surface area contributed by atoms with Crippen LogP contribution in [0.2, 0.25) is 0 Å². The second-order valence-electron chi connectivity index (χ2n) is 3.45. The summed E-state index contributed by atoms with van der Waals surface area (Å²) in [5, 5.41) is 0. The summed E-state index contributed by atoms with van der Waals surface area (Å²) in [7, 11) is 1.66. The summed E-state index contributed by atoms with van der Waals surface area (Å²) in [6, 6.07) is 0. The largest absolute Gasteiger partial charge is 0.384 e. The number of nitrogens with zero attached hydrogens (tertiary/aromatic N) is 1. The van der Waals surface area contributed by atoms with E-state index in [4.69, 9.17) is 4.74 Å². The third-order valence-electron chi connectivity index (χ3n) is 1.88. The van der Waals surface area contributed by atoms with Crippen LogP contribution in [0.25, 0.3) is 0 Å². The molecule has 0 amide bonds. The van der Waals surface area contributed by atoms with E-state index < -0.39 is 0 Å². The molecule has 1 rings (SSSR count). The molecule has 0 aliphatic rings. The summed E-state index contributed by atoms with van der Waals surface area (Å²) >= 11 is 1.53. The number of ether oxygens (including phenoxy) is 1. The van der Waals surface area contributed by atoms with Crippen molar-refractivity contribution in [3.8, 4) is 0 Å². The third-order valence-corrected chi connectivity index (χ3v) is 2.66. The van der Waals surface area contributed by atoms with Gasteiger partial charge in [-0.25, -0.2) is 0 Å². The van der Waals surface area contributed by atoms with Crippen LogP contribution in [0.1, 0.15) is 18.2 Å². The van der Waals surface area contributed by atoms with E-state index >= 15 is 0 Å². The van der Waals surface area contributed by atoms with Crippen molar-refractivity contribution in [1.29, 1.82) is 0 Å². The molecule has 1 aromatic rings. The maximum atomic E-state index is 11.5. The minimum Gasteiger partial charge on any atom is -0.384 e. The molecule has 0 bridgehead atoms. The molecule has 0 saturated heterocycles. The Labute approximate surface area is 88.1 Å². The van der Waals surface area contributed by atoms with E-state index in [9.17, 15) is 4.79 Å². The second-order valence-corrected chi connectivity index (χ2v) is 4.42. The van der Waals surface area contributed by atoms with Gasteiger partial charge in [0.05, 0.1) is 5.51 Å². The first-order valence-electron chi connectivity index (χ1n) is 4.60. The predicted molar refractivity (Wildman–Crippen MR) is 56.5 cm³/mol. The van der Waals surface area contributed by atoms with Crippen LogP contribution in [-0.4, -0.2) is 24.5 Å². The van der Waals surface area contributed by atoms with Crippen molar-refractivity contribution < 1.29 is 9.53 Å². The van der Waals surface area contributed by atoms with Gasteiger partial charge in [-0.05, 0) is 5.92 Å². The van der Waals surface area contributed by atoms with Crippen molar-refractivity contribution >= 4 is 17.1 Å². The van der Waals surface area contributed by atoms with Crippen molar-refractivity contribution in [2.75, 3.05) is 13.7 Å². The molecule has 78 valence electrons. The molecule has 1 unspecified atom stereocenters. The Bertz CT molecular complexity index is 272. The fraction of sp³-hybridized carbons (Fsp3) is 0.600. The minimum atomic E-state index is 0.263. The van der Waals surface area contributed by atoms with Gasteiger partial charge in [0.15, 0.2) is 0 Å². The van der Waals surface area contributed by atoms with Crippen LogP contribution in [0.4, 0.5) is 0 Å². The Morgan fingerprint density at radius 1 is 1.71 bits per heavy atom. The van der Waals surface area contributed by atoms with E-state index in [1.54, 1.807) is 18.8 Å². The average Bonchev–Trinajstić information content (AvgIpc) is 2.56. The molecule has 14 heavy (non-hydrogen) atoms. The van der Waals surface area contributed by atoms with Gasteiger partial charge in [0, 0.05) is 37.6 Å². The molecule has 4 heteroatoms. The monoisotopic (exact) mass is 213 g/mol. The number of carbonyl (C=O) groups is 1. The smallest absolute Gasteiger partial charge is 0.138 e. The molecule has 3 nitrogen and oxygen atoms in total. The number of hydrogen-bond donors (Lipinski definition) is 0. The van der Waals surface area contributed by atoms with Gasteiger partial charge in [-0.2, -0.15) is 0 Å². The van der Waals surface area contributed by atoms with E-state index in [2.05, 4.69) is 4.98 Å². The van der Waals surface area contributed by atoms with Crippen LogP contribution < -0.4 is 0 Å². The lowest BCUT2D eigenvalue weighted by atomic mass is 10.0. The van der Waals surface area contributed by atoms with E-state index in [1.807, 2.05) is 6.92 Å². The molecule has 0 N–H and O–H groups in total. The molecule has 1 heterocycles. The quantitative estimate of drug-likeness (QED) is 0.724. The zero-order chi connectivity index (χ0) is 10.4. The number of Topliss-reactive ketones (excluding diaryl/α,β-unsaturated/α-hetero) is 1. The maximum Gasteiger partial charge on any atom is 0.138 e. The first-order valence-corrected chi connectivity index (χ1v) is 5.48. The van der Waals surface area contributed by atoms with Gasteiger partial charge in [0.1, 0.15) is 5.78 Å². The van der Waals surface area contributed by atoms with Crippen molar-refractivity contribution in [3.63, 3.8) is 0 Å². The summed E-state index contributed by atoms with van der Waals surface area (Å²) in [6.45, 7) is 2.67. The molecular formula is C10H15NO2S. The number of hydrogen-bond acceptors (Lipinski definition) is 4. The highest BCUT2D eigenvalue weighted by molar-refractivity contribution is 7.09. The average molecular weight is 213 g/mol. The summed E-state index contributed by atoms with van der Waals surface area (Å²) in [4.78, 5) is 16.5. The predicted octanol–water partition coefficient (Wildman–Crippen LogP) is 1.93. The van der Waals surface area contributed by atoms with Crippen molar-refractivity contribution in [3.05, 3.63) is 16.6 Å². The zero-order valence-corrected chi connectivity index (χ0v) is 9.34. The van der Waals surface area contributed by atoms with Gasteiger partial charge in [-0.1, -0.05) is 6.92 Å². The SMILES string of the molecule is COCC(C)CC(=O)Cc1cncs1. The third kappa shape index (κ3) is 3.98. The Hall–Kier alpha value is -0.740. The van der Waals surface area contributed by atoms with Gasteiger partial charge >= 0.3 is 0 Å². The maximum absolute atomic E-state index is 11.5. The number of aromatic nitrogens is 1. The lowest BCUT2D eigenvalue weighted by Gasteiger charge is -2.07. The molecule has 0 spiro atoms. The second kappa shape index (κ2) is 5.88. The number of carbonyl (C=O) groups excluding carboxylic acids is 1. The Morgan fingerprint density at radius 2 is 2.50 bits per heavy atom. The fourth-order valence-corrected chi connectivity index (χ4v) is 1.95. The first-order chi connectivity index (χ1) is 6.72. The van der Waals surface area contributed by atoms with Gasteiger partial charge in [-0.15, -0.1) is 11.3 Å². The molecular weight excluding hydrogens is 198 g/mol. The van der Waals surface area contributed by atoms with Crippen LogP contribution in [0, 0.1) is 5.92 Å². The molecule has 0 radical (unpaired) electrons. The van der Waals surface area contributed by atoms with Gasteiger partial charge in [-0.3, -0.25) is 9.78 Å². The molecule has 0 aromatic carbocycles. The lowest BCUT2D eigenvalue weighted by Crippen LogP contribution is -2.11. The number of rotatable bonds is 6. The fourth-order valence-electron chi connectivity index (χ4n) is 1.33. The van der Waals surface area contributed by atoms with E-state index in [1.165, 1.54) is 11.3 Å². The molecule has 0 aliphatic carbocycles. The Morgan fingerprint density at radius 3 is 3.07 bits per heavy atom. The van der Waals surface area contributed by atoms with Crippen LogP contribution in [-0.2, 0) is 16.0 Å². The topological polar surface area (TPSA) is 39.2 Å². The van der Waals surface area contributed by atoms with Crippen LogP contribution in [0.5, 0.6) is 0 Å². The Balaban J connectivity index is 2.29. The van der Waals surface area contributed by atoms with Crippen molar-refractivity contribution in [2.45, 2.75) is 19.8 Å². The number of ketones is 1. The first kappa shape index (κ1) is 11.3. The van der Waals surface area contributed by atoms with Gasteiger partial charge in [0.25, 0.3) is 0 Å². The molecule has 1 aromatic heterocycles. The van der Waals surface area contributed by atoms with E-state index in [0.29, 0.717) is 25.4 Å². The summed E-state index contributed by atoms with van der Waals surface area (Å²) in [5.74, 6) is 0.569. The number of methoxy groups -OCH3 is 1.